The van der Waals surface area contributed by atoms with Crippen LogP contribution in [0.15, 0.2) is 24.3 Å². The van der Waals surface area contributed by atoms with Gasteiger partial charge in [0.1, 0.15) is 0 Å². The van der Waals surface area contributed by atoms with E-state index in [1.165, 1.54) is 18.1 Å². The summed E-state index contributed by atoms with van der Waals surface area (Å²) in [5.74, 6) is 5.35. The van der Waals surface area contributed by atoms with Crippen molar-refractivity contribution in [2.45, 2.75) is 34.1 Å². The number of hydrogen-bond acceptors (Lipinski definition) is 1. The summed E-state index contributed by atoms with van der Waals surface area (Å²) in [6, 6.07) is 8.25. The number of hydrogen-bond donors (Lipinski definition) is 0. The fraction of sp³-hybridized carbons (Fsp3) is 0.357. The highest BCUT2D eigenvalue weighted by Crippen LogP contribution is 2.08. The zero-order chi connectivity index (χ0) is 10.4. The average molecular weight is 202 g/mol. The fourth-order valence-electron chi connectivity index (χ4n) is 1.27. The van der Waals surface area contributed by atoms with Crippen LogP contribution in [0.25, 0.3) is 0 Å². The van der Waals surface area contributed by atoms with E-state index in [1.807, 2.05) is 12.1 Å². The molecule has 0 unspecified atom stereocenters. The lowest BCUT2D eigenvalue weighted by molar-refractivity contribution is -0.111. The number of Topliss-reactive ketones (excluding diaryl/α,β-unsaturated/α-hetero) is 1. The van der Waals surface area contributed by atoms with Crippen LogP contribution in [0.4, 0.5) is 0 Å². The number of carbonyl (C=O) groups is 1. The zero-order valence-electron chi connectivity index (χ0n) is 8.63. The van der Waals surface area contributed by atoms with Gasteiger partial charge < -0.3 is 0 Å². The molecule has 0 saturated heterocycles. The Balaban J connectivity index is 0.00000196. The maximum atomic E-state index is 10.5. The molecule has 1 heteroatoms. The highest BCUT2D eigenvalue weighted by atomic mass is 16.1. The van der Waals surface area contributed by atoms with E-state index < -0.39 is 0 Å². The van der Waals surface area contributed by atoms with Crippen molar-refractivity contribution in [3.63, 3.8) is 0 Å². The van der Waals surface area contributed by atoms with Crippen LogP contribution in [0, 0.1) is 18.8 Å². The Bertz CT molecular complexity index is 380. The molecule has 15 heavy (non-hydrogen) atoms. The first-order valence-electron chi connectivity index (χ1n) is 4.74. The van der Waals surface area contributed by atoms with Gasteiger partial charge in [-0.3, -0.25) is 4.79 Å². The summed E-state index contributed by atoms with van der Waals surface area (Å²) >= 11 is 0. The standard InChI is InChI=1S/C13H14O.CH4/c1-11-7-3-5-9-13(11)10-6-4-8-12(2)14;/h3,5,7,9H,6,10H2,1-2H3;1H4. The van der Waals surface area contributed by atoms with Crippen LogP contribution in [0.5, 0.6) is 0 Å². The Kier molecular flexibility index (Phi) is 6.13. The van der Waals surface area contributed by atoms with Gasteiger partial charge in [0.15, 0.2) is 0 Å². The molecule has 0 radical (unpaired) electrons. The molecule has 1 rings (SSSR count). The Labute approximate surface area is 92.5 Å². The minimum absolute atomic E-state index is 0. The summed E-state index contributed by atoms with van der Waals surface area (Å²) in [5, 5.41) is 0. The van der Waals surface area contributed by atoms with Gasteiger partial charge in [-0.25, -0.2) is 0 Å². The van der Waals surface area contributed by atoms with Gasteiger partial charge in [-0.05, 0) is 30.4 Å². The summed E-state index contributed by atoms with van der Waals surface area (Å²) < 4.78 is 0. The van der Waals surface area contributed by atoms with Crippen LogP contribution in [-0.4, -0.2) is 5.78 Å². The van der Waals surface area contributed by atoms with Crippen molar-refractivity contribution < 1.29 is 4.79 Å². The molecule has 0 aromatic heterocycles. The van der Waals surface area contributed by atoms with Crippen LogP contribution in [0.2, 0.25) is 0 Å². The third kappa shape index (κ3) is 5.02. The third-order valence-corrected chi connectivity index (χ3v) is 2.05. The van der Waals surface area contributed by atoms with Gasteiger partial charge in [-0.15, -0.1) is 0 Å². The predicted octanol–water partition coefficient (Wildman–Crippen LogP) is 3.16. The average Bonchev–Trinajstić information content (AvgIpc) is 2.15. The largest absolute Gasteiger partial charge is 0.285 e. The van der Waals surface area contributed by atoms with Crippen molar-refractivity contribution in [3.8, 4) is 11.8 Å². The molecule has 0 aliphatic heterocycles. The molecular formula is C14H18O. The SMILES string of the molecule is C.CC(=O)C#CCCc1ccccc1C. The minimum Gasteiger partial charge on any atom is -0.285 e. The molecule has 0 amide bonds. The van der Waals surface area contributed by atoms with Gasteiger partial charge >= 0.3 is 0 Å². The summed E-state index contributed by atoms with van der Waals surface area (Å²) in [5.41, 5.74) is 2.60. The summed E-state index contributed by atoms with van der Waals surface area (Å²) in [4.78, 5) is 10.5. The molecular weight excluding hydrogens is 184 g/mol. The Morgan fingerprint density at radius 3 is 2.60 bits per heavy atom. The first-order chi connectivity index (χ1) is 6.70. The van der Waals surface area contributed by atoms with E-state index in [2.05, 4.69) is 30.9 Å². The summed E-state index contributed by atoms with van der Waals surface area (Å²) in [7, 11) is 0. The highest BCUT2D eigenvalue weighted by molar-refractivity contribution is 5.93. The molecule has 0 fully saturated rings. The molecule has 1 nitrogen and oxygen atoms in total. The van der Waals surface area contributed by atoms with Gasteiger partial charge in [-0.2, -0.15) is 0 Å². The van der Waals surface area contributed by atoms with Crippen molar-refractivity contribution in [2.75, 3.05) is 0 Å². The maximum Gasteiger partial charge on any atom is 0.202 e. The van der Waals surface area contributed by atoms with Gasteiger partial charge in [-0.1, -0.05) is 37.6 Å². The second-order valence-corrected chi connectivity index (χ2v) is 3.28. The lowest BCUT2D eigenvalue weighted by Crippen LogP contribution is -1.88. The van der Waals surface area contributed by atoms with Gasteiger partial charge in [0.25, 0.3) is 0 Å². The fourth-order valence-corrected chi connectivity index (χ4v) is 1.27. The lowest BCUT2D eigenvalue weighted by Gasteiger charge is -2.01. The second-order valence-electron chi connectivity index (χ2n) is 3.28. The first kappa shape index (κ1) is 13.4. The van der Waals surface area contributed by atoms with Crippen molar-refractivity contribution >= 4 is 5.78 Å². The highest BCUT2D eigenvalue weighted by Gasteiger charge is 1.94. The van der Waals surface area contributed by atoms with Gasteiger partial charge in [0, 0.05) is 13.3 Å². The Hall–Kier alpha value is -1.55. The maximum absolute atomic E-state index is 10.5. The molecule has 0 aliphatic rings. The topological polar surface area (TPSA) is 17.1 Å². The molecule has 0 heterocycles. The molecule has 80 valence electrons. The van der Waals surface area contributed by atoms with Crippen molar-refractivity contribution in [2.24, 2.45) is 0 Å². The van der Waals surface area contributed by atoms with E-state index in [9.17, 15) is 4.79 Å². The molecule has 0 aliphatic carbocycles. The van der Waals surface area contributed by atoms with Crippen molar-refractivity contribution in [1.82, 2.24) is 0 Å². The van der Waals surface area contributed by atoms with E-state index in [1.54, 1.807) is 0 Å². The van der Waals surface area contributed by atoms with Crippen LogP contribution >= 0.6 is 0 Å². The van der Waals surface area contributed by atoms with E-state index in [-0.39, 0.29) is 13.2 Å². The Morgan fingerprint density at radius 1 is 1.33 bits per heavy atom. The van der Waals surface area contributed by atoms with Crippen molar-refractivity contribution in [3.05, 3.63) is 35.4 Å². The van der Waals surface area contributed by atoms with Gasteiger partial charge in [0.2, 0.25) is 5.78 Å². The number of aryl methyl sites for hydroxylation is 2. The minimum atomic E-state index is -0.0604. The van der Waals surface area contributed by atoms with Crippen LogP contribution in [0.1, 0.15) is 31.9 Å². The Morgan fingerprint density at radius 2 is 2.00 bits per heavy atom. The van der Waals surface area contributed by atoms with Crippen LogP contribution in [0.3, 0.4) is 0 Å². The molecule has 0 spiro atoms. The predicted molar refractivity (Wildman–Crippen MR) is 64.7 cm³/mol. The summed E-state index contributed by atoms with van der Waals surface area (Å²) in [6.07, 6.45) is 1.68. The number of carbonyl (C=O) groups excluding carboxylic acids is 1. The number of rotatable bonds is 2. The molecule has 0 bridgehead atoms. The normalized spacial score (nSPS) is 8.40. The van der Waals surface area contributed by atoms with Gasteiger partial charge in [0.05, 0.1) is 0 Å². The number of ketones is 1. The number of benzene rings is 1. The molecule has 0 atom stereocenters. The van der Waals surface area contributed by atoms with Crippen LogP contribution in [-0.2, 0) is 11.2 Å². The molecule has 1 aromatic rings. The molecule has 1 aromatic carbocycles. The van der Waals surface area contributed by atoms with E-state index >= 15 is 0 Å². The summed E-state index contributed by atoms with van der Waals surface area (Å²) in [6.45, 7) is 3.58. The zero-order valence-corrected chi connectivity index (χ0v) is 8.63. The molecule has 0 N–H and O–H groups in total. The quantitative estimate of drug-likeness (QED) is 0.532. The smallest absolute Gasteiger partial charge is 0.202 e. The molecule has 0 saturated carbocycles. The monoisotopic (exact) mass is 202 g/mol. The van der Waals surface area contributed by atoms with Crippen LogP contribution < -0.4 is 0 Å². The lowest BCUT2D eigenvalue weighted by atomic mass is 10.0. The third-order valence-electron chi connectivity index (χ3n) is 2.05. The second kappa shape index (κ2) is 6.84. The van der Waals surface area contributed by atoms with E-state index in [4.69, 9.17) is 0 Å². The van der Waals surface area contributed by atoms with E-state index in [0.717, 1.165) is 12.8 Å². The van der Waals surface area contributed by atoms with Crippen molar-refractivity contribution in [1.29, 1.82) is 0 Å². The first-order valence-corrected chi connectivity index (χ1v) is 4.74. The van der Waals surface area contributed by atoms with E-state index in [0.29, 0.717) is 0 Å².